The second-order valence-corrected chi connectivity index (χ2v) is 7.33. The Morgan fingerprint density at radius 1 is 1.30 bits per heavy atom. The van der Waals surface area contributed by atoms with E-state index in [1.807, 2.05) is 6.20 Å². The normalized spacial score (nSPS) is 36.8. The van der Waals surface area contributed by atoms with E-state index < -0.39 is 0 Å². The second kappa shape index (κ2) is 4.86. The summed E-state index contributed by atoms with van der Waals surface area (Å²) in [6, 6.07) is 0.659. The van der Waals surface area contributed by atoms with Crippen molar-refractivity contribution in [1.29, 1.82) is 0 Å². The molecule has 3 fully saturated rings. The maximum absolute atomic E-state index is 4.61. The van der Waals surface area contributed by atoms with Crippen LogP contribution in [0, 0.1) is 23.7 Å². The molecule has 3 saturated carbocycles. The largest absolute Gasteiger partial charge is 0.366 e. The van der Waals surface area contributed by atoms with Crippen LogP contribution in [0.1, 0.15) is 32.6 Å². The molecule has 1 aromatic heterocycles. The van der Waals surface area contributed by atoms with Gasteiger partial charge in [-0.2, -0.15) is 4.98 Å². The van der Waals surface area contributed by atoms with Crippen LogP contribution >= 0.6 is 15.9 Å². The third-order valence-corrected chi connectivity index (χ3v) is 5.90. The van der Waals surface area contributed by atoms with E-state index >= 15 is 0 Å². The van der Waals surface area contributed by atoms with Crippen molar-refractivity contribution in [1.82, 2.24) is 9.97 Å². The molecule has 2 bridgehead atoms. The molecule has 4 unspecified atom stereocenters. The molecule has 0 spiro atoms. The van der Waals surface area contributed by atoms with Crippen LogP contribution in [0.5, 0.6) is 0 Å². The first-order chi connectivity index (χ1) is 9.78. The Labute approximate surface area is 128 Å². The molecule has 3 aliphatic carbocycles. The lowest BCUT2D eigenvalue weighted by Crippen LogP contribution is -2.15. The van der Waals surface area contributed by atoms with Crippen molar-refractivity contribution in [3.8, 4) is 0 Å². The Morgan fingerprint density at radius 3 is 2.75 bits per heavy atom. The summed E-state index contributed by atoms with van der Waals surface area (Å²) in [5.41, 5.74) is 0. The van der Waals surface area contributed by atoms with E-state index in [2.05, 4.69) is 43.5 Å². The Balaban J connectivity index is 1.46. The zero-order valence-electron chi connectivity index (χ0n) is 11.8. The molecule has 4 atom stereocenters. The Hall–Kier alpha value is -0.840. The smallest absolute Gasteiger partial charge is 0.224 e. The van der Waals surface area contributed by atoms with Crippen LogP contribution in [0.2, 0.25) is 0 Å². The van der Waals surface area contributed by atoms with E-state index in [9.17, 15) is 0 Å². The molecular weight excluding hydrogens is 316 g/mol. The highest BCUT2D eigenvalue weighted by molar-refractivity contribution is 9.10. The predicted molar refractivity (Wildman–Crippen MR) is 83.7 cm³/mol. The molecule has 0 aromatic carbocycles. The number of nitrogens with one attached hydrogen (secondary N) is 2. The topological polar surface area (TPSA) is 49.8 Å². The molecule has 1 heterocycles. The van der Waals surface area contributed by atoms with Crippen molar-refractivity contribution in [2.75, 3.05) is 17.2 Å². The molecule has 4 rings (SSSR count). The summed E-state index contributed by atoms with van der Waals surface area (Å²) >= 11 is 3.57. The lowest BCUT2D eigenvalue weighted by Gasteiger charge is -2.13. The van der Waals surface area contributed by atoms with Gasteiger partial charge in [0, 0.05) is 18.8 Å². The van der Waals surface area contributed by atoms with E-state index in [1.54, 1.807) is 0 Å². The standard InChI is InChI=1S/C15H21BrN4/c1-2-5-17-15-18-7-10(16)14(20-15)19-13-11-8-3-4-9(6-8)12(11)13/h7-9,11-13H,2-6H2,1H3,(H2,17,18,19,20). The van der Waals surface area contributed by atoms with Gasteiger partial charge in [-0.1, -0.05) is 6.92 Å². The number of anilines is 2. The SMILES string of the molecule is CCCNc1ncc(Br)c(NC2C3C4CCC(C4)C23)n1. The van der Waals surface area contributed by atoms with E-state index in [-0.39, 0.29) is 0 Å². The van der Waals surface area contributed by atoms with Crippen molar-refractivity contribution in [2.24, 2.45) is 23.7 Å². The summed E-state index contributed by atoms with van der Waals surface area (Å²) in [5.74, 6) is 5.50. The third-order valence-electron chi connectivity index (χ3n) is 5.32. The molecule has 20 heavy (non-hydrogen) atoms. The number of aromatic nitrogens is 2. The minimum atomic E-state index is 0.659. The highest BCUT2D eigenvalue weighted by atomic mass is 79.9. The highest BCUT2D eigenvalue weighted by Gasteiger charge is 2.65. The van der Waals surface area contributed by atoms with E-state index in [0.29, 0.717) is 6.04 Å². The number of hydrogen-bond donors (Lipinski definition) is 2. The fourth-order valence-corrected chi connectivity index (χ4v) is 4.77. The Bertz CT molecular complexity index is 505. The van der Waals surface area contributed by atoms with E-state index in [1.165, 1.54) is 19.3 Å². The van der Waals surface area contributed by atoms with Gasteiger partial charge in [0.1, 0.15) is 5.82 Å². The molecule has 1 aromatic rings. The van der Waals surface area contributed by atoms with Gasteiger partial charge >= 0.3 is 0 Å². The first-order valence-corrected chi connectivity index (χ1v) is 8.60. The second-order valence-electron chi connectivity index (χ2n) is 6.47. The van der Waals surface area contributed by atoms with Crippen molar-refractivity contribution < 1.29 is 0 Å². The van der Waals surface area contributed by atoms with Crippen LogP contribution in [0.4, 0.5) is 11.8 Å². The van der Waals surface area contributed by atoms with Gasteiger partial charge in [-0.25, -0.2) is 4.98 Å². The van der Waals surface area contributed by atoms with Gasteiger partial charge in [-0.15, -0.1) is 0 Å². The molecule has 0 aliphatic heterocycles. The zero-order valence-corrected chi connectivity index (χ0v) is 13.4. The zero-order chi connectivity index (χ0) is 13.7. The van der Waals surface area contributed by atoms with Crippen LogP contribution in [-0.4, -0.2) is 22.6 Å². The van der Waals surface area contributed by atoms with Crippen LogP contribution in [-0.2, 0) is 0 Å². The van der Waals surface area contributed by atoms with E-state index in [4.69, 9.17) is 0 Å². The number of halogens is 1. The lowest BCUT2D eigenvalue weighted by molar-refractivity contribution is 0.456. The van der Waals surface area contributed by atoms with Gasteiger partial charge < -0.3 is 10.6 Å². The fourth-order valence-electron chi connectivity index (χ4n) is 4.47. The first-order valence-electron chi connectivity index (χ1n) is 7.81. The fraction of sp³-hybridized carbons (Fsp3) is 0.733. The van der Waals surface area contributed by atoms with Gasteiger partial charge in [0.25, 0.3) is 0 Å². The van der Waals surface area contributed by atoms with Crippen molar-refractivity contribution in [2.45, 2.75) is 38.6 Å². The van der Waals surface area contributed by atoms with Gasteiger partial charge in [0.15, 0.2) is 0 Å². The maximum atomic E-state index is 4.61. The quantitative estimate of drug-likeness (QED) is 0.863. The molecule has 5 heteroatoms. The summed E-state index contributed by atoms with van der Waals surface area (Å²) in [5, 5.41) is 6.92. The van der Waals surface area contributed by atoms with Gasteiger partial charge in [0.05, 0.1) is 4.47 Å². The summed E-state index contributed by atoms with van der Waals surface area (Å²) in [6.45, 7) is 3.06. The summed E-state index contributed by atoms with van der Waals surface area (Å²) < 4.78 is 0.969. The number of rotatable bonds is 5. The van der Waals surface area contributed by atoms with Crippen molar-refractivity contribution in [3.63, 3.8) is 0 Å². The molecule has 0 saturated heterocycles. The summed E-state index contributed by atoms with van der Waals surface area (Å²) in [6.07, 6.45) is 7.33. The Morgan fingerprint density at radius 2 is 2.05 bits per heavy atom. The predicted octanol–water partition coefficient (Wildman–Crippen LogP) is 3.52. The average molecular weight is 337 g/mol. The van der Waals surface area contributed by atoms with Gasteiger partial charge in [0.2, 0.25) is 5.95 Å². The van der Waals surface area contributed by atoms with Crippen LogP contribution in [0.25, 0.3) is 0 Å². The minimum absolute atomic E-state index is 0.659. The lowest BCUT2D eigenvalue weighted by atomic mass is 10.0. The molecule has 108 valence electrons. The average Bonchev–Trinajstić information content (AvgIpc) is 2.84. The molecule has 2 N–H and O–H groups in total. The van der Waals surface area contributed by atoms with Gasteiger partial charge in [-0.3, -0.25) is 0 Å². The molecular formula is C15H21BrN4. The van der Waals surface area contributed by atoms with Crippen molar-refractivity contribution in [3.05, 3.63) is 10.7 Å². The summed E-state index contributed by atoms with van der Waals surface area (Å²) in [7, 11) is 0. The third kappa shape index (κ3) is 2.01. The number of nitrogens with zero attached hydrogens (tertiary/aromatic N) is 2. The first kappa shape index (κ1) is 12.9. The van der Waals surface area contributed by atoms with Crippen LogP contribution in [0.3, 0.4) is 0 Å². The summed E-state index contributed by atoms with van der Waals surface area (Å²) in [4.78, 5) is 8.92. The molecule has 0 radical (unpaired) electrons. The number of fused-ring (bicyclic) bond motifs is 5. The molecule has 0 amide bonds. The van der Waals surface area contributed by atoms with Gasteiger partial charge in [-0.05, 0) is 65.3 Å². The van der Waals surface area contributed by atoms with E-state index in [0.717, 1.165) is 52.9 Å². The van der Waals surface area contributed by atoms with Crippen molar-refractivity contribution >= 4 is 27.7 Å². The molecule has 4 nitrogen and oxygen atoms in total. The monoisotopic (exact) mass is 336 g/mol. The maximum Gasteiger partial charge on any atom is 0.224 e. The number of hydrogen-bond acceptors (Lipinski definition) is 4. The Kier molecular flexibility index (Phi) is 3.13. The molecule has 3 aliphatic rings. The van der Waals surface area contributed by atoms with Crippen LogP contribution < -0.4 is 10.6 Å². The minimum Gasteiger partial charge on any atom is -0.366 e. The highest BCUT2D eigenvalue weighted by Crippen LogP contribution is 2.66. The van der Waals surface area contributed by atoms with Crippen LogP contribution in [0.15, 0.2) is 10.7 Å².